The number of rotatable bonds is 3. The molecular formula is C13H18F2N2O3S. The van der Waals surface area contributed by atoms with Gasteiger partial charge in [0.05, 0.1) is 6.10 Å². The molecule has 0 saturated carbocycles. The van der Waals surface area contributed by atoms with Crippen LogP contribution in [0.15, 0.2) is 17.0 Å². The molecular weight excluding hydrogens is 302 g/mol. The van der Waals surface area contributed by atoms with Crippen LogP contribution in [0.5, 0.6) is 0 Å². The molecule has 1 atom stereocenters. The summed E-state index contributed by atoms with van der Waals surface area (Å²) >= 11 is 0. The van der Waals surface area contributed by atoms with Gasteiger partial charge in [-0.05, 0) is 37.8 Å². The number of sulfonamides is 1. The molecule has 2 rings (SSSR count). The fourth-order valence-electron chi connectivity index (χ4n) is 2.55. The van der Waals surface area contributed by atoms with Gasteiger partial charge in [0.25, 0.3) is 0 Å². The van der Waals surface area contributed by atoms with Crippen molar-refractivity contribution in [2.45, 2.75) is 30.8 Å². The molecule has 1 aliphatic heterocycles. The predicted octanol–water partition coefficient (Wildman–Crippen LogP) is 1.33. The average molecular weight is 320 g/mol. The lowest BCUT2D eigenvalue weighted by molar-refractivity contribution is 0.0911. The summed E-state index contributed by atoms with van der Waals surface area (Å²) in [5.41, 5.74) is 5.12. The summed E-state index contributed by atoms with van der Waals surface area (Å²) < 4.78 is 53.4. The van der Waals surface area contributed by atoms with E-state index in [4.69, 9.17) is 5.73 Å². The van der Waals surface area contributed by atoms with Crippen molar-refractivity contribution in [2.75, 3.05) is 18.8 Å². The molecule has 1 unspecified atom stereocenters. The quantitative estimate of drug-likeness (QED) is 0.823. The van der Waals surface area contributed by atoms with Crippen LogP contribution in [0.2, 0.25) is 0 Å². The number of nitrogens with zero attached hydrogens (tertiary/aromatic N) is 1. The van der Waals surface area contributed by atoms with Crippen molar-refractivity contribution in [1.82, 2.24) is 4.31 Å². The molecule has 0 bridgehead atoms. The summed E-state index contributed by atoms with van der Waals surface area (Å²) in [5, 5.41) is 9.50. The van der Waals surface area contributed by atoms with Crippen molar-refractivity contribution in [1.29, 1.82) is 0 Å². The van der Waals surface area contributed by atoms with Gasteiger partial charge in [-0.2, -0.15) is 4.31 Å². The molecule has 1 fully saturated rings. The molecule has 1 saturated heterocycles. The highest BCUT2D eigenvalue weighted by Crippen LogP contribution is 2.29. The standard InChI is InChI=1S/C13H18F2N2O3S/c1-8(18)9-2-4-17(5-3-9)21(19,20)13-11(14)6-10(16)7-12(13)15/h6-9,18H,2-5,16H2,1H3. The number of anilines is 1. The number of halogens is 2. The molecule has 1 aromatic rings. The van der Waals surface area contributed by atoms with Crippen LogP contribution in [0.4, 0.5) is 14.5 Å². The van der Waals surface area contributed by atoms with Gasteiger partial charge in [-0.3, -0.25) is 0 Å². The minimum atomic E-state index is -4.24. The fraction of sp³-hybridized carbons (Fsp3) is 0.538. The Bertz CT molecular complexity index is 603. The van der Waals surface area contributed by atoms with E-state index in [1.54, 1.807) is 6.92 Å². The van der Waals surface area contributed by atoms with E-state index in [0.717, 1.165) is 16.4 Å². The molecule has 1 aliphatic rings. The minimum Gasteiger partial charge on any atom is -0.399 e. The van der Waals surface area contributed by atoms with Crippen LogP contribution < -0.4 is 5.73 Å². The van der Waals surface area contributed by atoms with Crippen molar-refractivity contribution in [2.24, 2.45) is 5.92 Å². The molecule has 0 aromatic heterocycles. The maximum absolute atomic E-state index is 13.8. The molecule has 0 amide bonds. The second kappa shape index (κ2) is 5.86. The Morgan fingerprint density at radius 2 is 1.76 bits per heavy atom. The first-order valence-corrected chi connectivity index (χ1v) is 8.10. The molecule has 118 valence electrons. The van der Waals surface area contributed by atoms with E-state index >= 15 is 0 Å². The Morgan fingerprint density at radius 1 is 1.29 bits per heavy atom. The van der Waals surface area contributed by atoms with Crippen LogP contribution in [0, 0.1) is 17.6 Å². The van der Waals surface area contributed by atoms with Crippen molar-refractivity contribution in [3.05, 3.63) is 23.8 Å². The van der Waals surface area contributed by atoms with E-state index < -0.39 is 32.7 Å². The van der Waals surface area contributed by atoms with E-state index in [-0.39, 0.29) is 24.7 Å². The first-order valence-electron chi connectivity index (χ1n) is 6.66. The highest BCUT2D eigenvalue weighted by Gasteiger charge is 2.34. The molecule has 3 N–H and O–H groups in total. The number of aliphatic hydroxyl groups excluding tert-OH is 1. The van der Waals surface area contributed by atoms with Crippen LogP contribution in [0.25, 0.3) is 0 Å². The van der Waals surface area contributed by atoms with Crippen molar-refractivity contribution in [3.63, 3.8) is 0 Å². The highest BCUT2D eigenvalue weighted by atomic mass is 32.2. The molecule has 5 nitrogen and oxygen atoms in total. The monoisotopic (exact) mass is 320 g/mol. The maximum atomic E-state index is 13.8. The zero-order valence-electron chi connectivity index (χ0n) is 11.6. The third-order valence-electron chi connectivity index (χ3n) is 3.80. The third-order valence-corrected chi connectivity index (χ3v) is 5.75. The van der Waals surface area contributed by atoms with Gasteiger partial charge in [0, 0.05) is 18.8 Å². The van der Waals surface area contributed by atoms with E-state index in [2.05, 4.69) is 0 Å². The lowest BCUT2D eigenvalue weighted by Crippen LogP contribution is -2.41. The van der Waals surface area contributed by atoms with Crippen LogP contribution in [-0.2, 0) is 10.0 Å². The van der Waals surface area contributed by atoms with E-state index in [1.807, 2.05) is 0 Å². The molecule has 8 heteroatoms. The Labute approximate surface area is 122 Å². The lowest BCUT2D eigenvalue weighted by Gasteiger charge is -2.32. The number of nitrogen functional groups attached to an aromatic ring is 1. The topological polar surface area (TPSA) is 83.6 Å². The van der Waals surface area contributed by atoms with Crippen LogP contribution in [0.3, 0.4) is 0 Å². The largest absolute Gasteiger partial charge is 0.399 e. The lowest BCUT2D eigenvalue weighted by atomic mass is 9.93. The van der Waals surface area contributed by atoms with Gasteiger partial charge in [0.1, 0.15) is 11.6 Å². The van der Waals surface area contributed by atoms with Gasteiger partial charge < -0.3 is 10.8 Å². The number of hydrogen-bond acceptors (Lipinski definition) is 4. The smallest absolute Gasteiger partial charge is 0.248 e. The average Bonchev–Trinajstić information content (AvgIpc) is 2.37. The molecule has 1 aromatic carbocycles. The number of piperidine rings is 1. The predicted molar refractivity (Wildman–Crippen MR) is 73.9 cm³/mol. The second-order valence-electron chi connectivity index (χ2n) is 5.30. The Hall–Kier alpha value is -1.25. The highest BCUT2D eigenvalue weighted by molar-refractivity contribution is 7.89. The Kier molecular flexibility index (Phi) is 4.50. The molecule has 0 radical (unpaired) electrons. The summed E-state index contributed by atoms with van der Waals surface area (Å²) in [7, 11) is -4.24. The molecule has 1 heterocycles. The second-order valence-corrected chi connectivity index (χ2v) is 7.17. The van der Waals surface area contributed by atoms with Crippen molar-refractivity contribution < 1.29 is 22.3 Å². The van der Waals surface area contributed by atoms with E-state index in [9.17, 15) is 22.3 Å². The van der Waals surface area contributed by atoms with Gasteiger partial charge >= 0.3 is 0 Å². The van der Waals surface area contributed by atoms with Gasteiger partial charge in [-0.1, -0.05) is 0 Å². The van der Waals surface area contributed by atoms with Gasteiger partial charge in [-0.25, -0.2) is 17.2 Å². The molecule has 0 spiro atoms. The molecule has 0 aliphatic carbocycles. The zero-order chi connectivity index (χ0) is 15.8. The third kappa shape index (κ3) is 3.17. The number of benzene rings is 1. The van der Waals surface area contributed by atoms with E-state index in [0.29, 0.717) is 12.8 Å². The fourth-order valence-corrected chi connectivity index (χ4v) is 4.11. The Morgan fingerprint density at radius 3 is 2.19 bits per heavy atom. The SMILES string of the molecule is CC(O)C1CCN(S(=O)(=O)c2c(F)cc(N)cc2F)CC1. The van der Waals surface area contributed by atoms with E-state index in [1.165, 1.54) is 0 Å². The Balaban J connectivity index is 2.28. The summed E-state index contributed by atoms with van der Waals surface area (Å²) in [5.74, 6) is -2.38. The molecule has 21 heavy (non-hydrogen) atoms. The van der Waals surface area contributed by atoms with Crippen LogP contribution in [-0.4, -0.2) is 37.0 Å². The summed E-state index contributed by atoms with van der Waals surface area (Å²) in [6, 6.07) is 1.58. The summed E-state index contributed by atoms with van der Waals surface area (Å²) in [4.78, 5) is -0.966. The van der Waals surface area contributed by atoms with Crippen LogP contribution in [0.1, 0.15) is 19.8 Å². The number of hydrogen-bond donors (Lipinski definition) is 2. The zero-order valence-corrected chi connectivity index (χ0v) is 12.4. The normalized spacial score (nSPS) is 19.6. The maximum Gasteiger partial charge on any atom is 0.248 e. The van der Waals surface area contributed by atoms with Crippen molar-refractivity contribution >= 4 is 15.7 Å². The van der Waals surface area contributed by atoms with Crippen LogP contribution >= 0.6 is 0 Å². The van der Waals surface area contributed by atoms with Gasteiger partial charge in [-0.15, -0.1) is 0 Å². The number of nitrogens with two attached hydrogens (primary N) is 1. The van der Waals surface area contributed by atoms with Gasteiger partial charge in [0.2, 0.25) is 10.0 Å². The summed E-state index contributed by atoms with van der Waals surface area (Å²) in [6.07, 6.45) is 0.379. The summed E-state index contributed by atoms with van der Waals surface area (Å²) in [6.45, 7) is 1.90. The first kappa shape index (κ1) is 16.1. The number of aliphatic hydroxyl groups is 1. The minimum absolute atomic E-state index is 0.00226. The van der Waals surface area contributed by atoms with Crippen molar-refractivity contribution in [3.8, 4) is 0 Å². The van der Waals surface area contributed by atoms with Gasteiger partial charge in [0.15, 0.2) is 4.90 Å². The first-order chi connectivity index (χ1) is 9.73.